The van der Waals surface area contributed by atoms with Gasteiger partial charge in [-0.05, 0) is 19.4 Å². The third-order valence-corrected chi connectivity index (χ3v) is 4.08. The molecule has 7 heteroatoms. The number of rotatable bonds is 2. The van der Waals surface area contributed by atoms with Gasteiger partial charge in [-0.3, -0.25) is 4.79 Å². The second-order valence-corrected chi connectivity index (χ2v) is 5.72. The van der Waals surface area contributed by atoms with Gasteiger partial charge in [-0.15, -0.1) is 0 Å². The van der Waals surface area contributed by atoms with E-state index in [-0.39, 0.29) is 16.9 Å². The molecule has 1 aromatic rings. The van der Waals surface area contributed by atoms with E-state index in [1.165, 1.54) is 0 Å². The monoisotopic (exact) mass is 291 g/mol. The molecular formula is C13H17N5OS. The summed E-state index contributed by atoms with van der Waals surface area (Å²) in [5.41, 5.74) is 7.11. The van der Waals surface area contributed by atoms with Crippen LogP contribution in [0, 0.1) is 6.92 Å². The average molecular weight is 291 g/mol. The van der Waals surface area contributed by atoms with Gasteiger partial charge in [0.25, 0.3) is 0 Å². The maximum Gasteiger partial charge on any atom is 0.226 e. The molecule has 1 aromatic heterocycles. The second-order valence-electron chi connectivity index (χ2n) is 5.28. The van der Waals surface area contributed by atoms with Crippen LogP contribution in [0.15, 0.2) is 6.07 Å². The number of aromatic nitrogens is 2. The Hall–Kier alpha value is -1.76. The molecule has 0 bridgehead atoms. The van der Waals surface area contributed by atoms with Crippen LogP contribution >= 0.6 is 12.2 Å². The summed E-state index contributed by atoms with van der Waals surface area (Å²) in [7, 11) is 0. The number of amides is 1. The first-order chi connectivity index (χ1) is 9.54. The van der Waals surface area contributed by atoms with Crippen molar-refractivity contribution in [3.8, 4) is 0 Å². The Morgan fingerprint density at radius 3 is 3.00 bits per heavy atom. The summed E-state index contributed by atoms with van der Waals surface area (Å²) in [6.07, 6.45) is 1.58. The molecular weight excluding hydrogens is 274 g/mol. The molecule has 3 rings (SSSR count). The van der Waals surface area contributed by atoms with Crippen LogP contribution < -0.4 is 10.6 Å². The Morgan fingerprint density at radius 1 is 1.45 bits per heavy atom. The Labute approximate surface area is 123 Å². The number of carbonyl (C=O) groups excluding carboxylic acids is 1. The van der Waals surface area contributed by atoms with Gasteiger partial charge in [0, 0.05) is 37.8 Å². The van der Waals surface area contributed by atoms with E-state index in [0.717, 1.165) is 31.7 Å². The van der Waals surface area contributed by atoms with Crippen LogP contribution in [0.3, 0.4) is 0 Å². The Kier molecular flexibility index (Phi) is 3.29. The lowest BCUT2D eigenvalue weighted by atomic mass is 10.1. The Balaban J connectivity index is 1.83. The van der Waals surface area contributed by atoms with Gasteiger partial charge in [0.2, 0.25) is 11.9 Å². The van der Waals surface area contributed by atoms with Crippen molar-refractivity contribution < 1.29 is 4.79 Å². The van der Waals surface area contributed by atoms with Crippen molar-refractivity contribution in [3.05, 3.63) is 17.5 Å². The highest BCUT2D eigenvalue weighted by Crippen LogP contribution is 2.24. The van der Waals surface area contributed by atoms with Gasteiger partial charge in [-0.2, -0.15) is 0 Å². The quantitative estimate of drug-likeness (QED) is 0.786. The van der Waals surface area contributed by atoms with Crippen molar-refractivity contribution in [2.45, 2.75) is 25.8 Å². The van der Waals surface area contributed by atoms with Crippen LogP contribution in [0.1, 0.15) is 24.2 Å². The molecule has 20 heavy (non-hydrogen) atoms. The molecule has 106 valence electrons. The van der Waals surface area contributed by atoms with E-state index in [9.17, 15) is 4.79 Å². The number of hydrogen-bond donors (Lipinski definition) is 1. The van der Waals surface area contributed by atoms with Crippen molar-refractivity contribution in [1.29, 1.82) is 0 Å². The van der Waals surface area contributed by atoms with Crippen molar-refractivity contribution >= 4 is 29.1 Å². The zero-order valence-corrected chi connectivity index (χ0v) is 12.2. The predicted octanol–water partition coefficient (Wildman–Crippen LogP) is 0.230. The molecule has 2 N–H and O–H groups in total. The molecule has 0 radical (unpaired) electrons. The van der Waals surface area contributed by atoms with Crippen molar-refractivity contribution in [3.63, 3.8) is 0 Å². The van der Waals surface area contributed by atoms with E-state index in [2.05, 4.69) is 14.9 Å². The standard InChI is InChI=1S/C13H17N5OS/c1-8-6-10(12(14)20)16-13(15-8)17-4-5-18-9(7-17)2-3-11(18)19/h6,9H,2-5,7H2,1H3,(H2,14,20). The van der Waals surface area contributed by atoms with E-state index >= 15 is 0 Å². The molecule has 3 heterocycles. The smallest absolute Gasteiger partial charge is 0.226 e. The number of hydrogen-bond acceptors (Lipinski definition) is 5. The number of nitrogens with zero attached hydrogens (tertiary/aromatic N) is 4. The largest absolute Gasteiger partial charge is 0.388 e. The lowest BCUT2D eigenvalue weighted by molar-refractivity contribution is -0.129. The number of thiocarbonyl (C=S) groups is 1. The van der Waals surface area contributed by atoms with Gasteiger partial charge in [-0.25, -0.2) is 9.97 Å². The summed E-state index contributed by atoms with van der Waals surface area (Å²) < 4.78 is 0. The van der Waals surface area contributed by atoms with Crippen LogP contribution in [0.5, 0.6) is 0 Å². The molecule has 2 saturated heterocycles. The molecule has 6 nitrogen and oxygen atoms in total. The topological polar surface area (TPSA) is 75.3 Å². The molecule has 0 aromatic carbocycles. The van der Waals surface area contributed by atoms with Crippen molar-refractivity contribution in [2.75, 3.05) is 24.5 Å². The van der Waals surface area contributed by atoms with Gasteiger partial charge in [0.1, 0.15) is 10.7 Å². The number of anilines is 1. The van der Waals surface area contributed by atoms with Crippen LogP contribution in [-0.4, -0.2) is 51.4 Å². The summed E-state index contributed by atoms with van der Waals surface area (Å²) in [6.45, 7) is 4.18. The number of aryl methyl sites for hydroxylation is 1. The molecule has 0 aliphatic carbocycles. The lowest BCUT2D eigenvalue weighted by Gasteiger charge is -2.37. The van der Waals surface area contributed by atoms with Gasteiger partial charge in [0.05, 0.1) is 0 Å². The Morgan fingerprint density at radius 2 is 2.25 bits per heavy atom. The fraction of sp³-hybridized carbons (Fsp3) is 0.538. The number of fused-ring (bicyclic) bond motifs is 1. The summed E-state index contributed by atoms with van der Waals surface area (Å²) in [5, 5.41) is 0. The number of nitrogens with two attached hydrogens (primary N) is 1. The van der Waals surface area contributed by atoms with E-state index in [0.29, 0.717) is 18.1 Å². The lowest BCUT2D eigenvalue weighted by Crippen LogP contribution is -2.52. The van der Waals surface area contributed by atoms with Gasteiger partial charge in [-0.1, -0.05) is 12.2 Å². The highest BCUT2D eigenvalue weighted by atomic mass is 32.1. The Bertz CT molecular complexity index is 576. The summed E-state index contributed by atoms with van der Waals surface area (Å²) in [5.74, 6) is 0.926. The van der Waals surface area contributed by atoms with Crippen LogP contribution in [0.25, 0.3) is 0 Å². The van der Waals surface area contributed by atoms with Gasteiger partial charge < -0.3 is 15.5 Å². The third kappa shape index (κ3) is 2.33. The molecule has 0 spiro atoms. The fourth-order valence-electron chi connectivity index (χ4n) is 2.87. The zero-order chi connectivity index (χ0) is 14.3. The van der Waals surface area contributed by atoms with E-state index in [1.54, 1.807) is 6.07 Å². The van der Waals surface area contributed by atoms with Crippen molar-refractivity contribution in [2.24, 2.45) is 5.73 Å². The molecule has 2 aliphatic rings. The maximum atomic E-state index is 11.7. The second kappa shape index (κ2) is 4.97. The molecule has 1 unspecified atom stereocenters. The first-order valence-corrected chi connectivity index (χ1v) is 7.15. The minimum atomic E-state index is 0.267. The first-order valence-electron chi connectivity index (χ1n) is 6.74. The third-order valence-electron chi connectivity index (χ3n) is 3.87. The zero-order valence-electron chi connectivity index (χ0n) is 11.4. The summed E-state index contributed by atoms with van der Waals surface area (Å²) >= 11 is 4.99. The summed E-state index contributed by atoms with van der Waals surface area (Å²) in [6, 6.07) is 2.08. The molecule has 1 atom stereocenters. The minimum absolute atomic E-state index is 0.267. The molecule has 2 fully saturated rings. The maximum absolute atomic E-state index is 11.7. The highest BCUT2D eigenvalue weighted by Gasteiger charge is 2.36. The SMILES string of the molecule is Cc1cc(C(N)=S)nc(N2CCN3C(=O)CCC3C2)n1. The van der Waals surface area contributed by atoms with E-state index in [1.807, 2.05) is 11.8 Å². The van der Waals surface area contributed by atoms with Gasteiger partial charge >= 0.3 is 0 Å². The number of piperazine rings is 1. The van der Waals surface area contributed by atoms with Crippen LogP contribution in [-0.2, 0) is 4.79 Å². The predicted molar refractivity (Wildman–Crippen MR) is 79.6 cm³/mol. The highest BCUT2D eigenvalue weighted by molar-refractivity contribution is 7.80. The van der Waals surface area contributed by atoms with E-state index in [4.69, 9.17) is 18.0 Å². The molecule has 2 aliphatic heterocycles. The summed E-state index contributed by atoms with van der Waals surface area (Å²) in [4.78, 5) is 25.0. The van der Waals surface area contributed by atoms with Crippen LogP contribution in [0.4, 0.5) is 5.95 Å². The number of carbonyl (C=O) groups is 1. The average Bonchev–Trinajstić information content (AvgIpc) is 2.79. The van der Waals surface area contributed by atoms with Gasteiger partial charge in [0.15, 0.2) is 0 Å². The van der Waals surface area contributed by atoms with Crippen LogP contribution in [0.2, 0.25) is 0 Å². The van der Waals surface area contributed by atoms with Crippen molar-refractivity contribution in [1.82, 2.24) is 14.9 Å². The van der Waals surface area contributed by atoms with E-state index < -0.39 is 0 Å². The minimum Gasteiger partial charge on any atom is -0.388 e. The molecule has 1 amide bonds. The first kappa shape index (κ1) is 13.2. The molecule has 0 saturated carbocycles. The fourth-order valence-corrected chi connectivity index (χ4v) is 2.97. The normalized spacial score (nSPS) is 22.1.